The molecule has 2 aliphatic rings. The van der Waals surface area contributed by atoms with Crippen LogP contribution in [0.25, 0.3) is 0 Å². The van der Waals surface area contributed by atoms with E-state index < -0.39 is 0 Å². The van der Waals surface area contributed by atoms with E-state index in [0.29, 0.717) is 19.2 Å². The van der Waals surface area contributed by atoms with Crippen LogP contribution in [0.4, 0.5) is 0 Å². The first-order valence-corrected chi connectivity index (χ1v) is 7.62. The lowest BCUT2D eigenvalue weighted by atomic mass is 9.97. The van der Waals surface area contributed by atoms with Crippen LogP contribution >= 0.6 is 0 Å². The van der Waals surface area contributed by atoms with Gasteiger partial charge in [0.05, 0.1) is 25.9 Å². The number of hydrogen-bond acceptors (Lipinski definition) is 4. The van der Waals surface area contributed by atoms with Gasteiger partial charge in [0.25, 0.3) is 0 Å². The second-order valence-corrected chi connectivity index (χ2v) is 5.74. The van der Waals surface area contributed by atoms with Crippen molar-refractivity contribution in [3.63, 3.8) is 0 Å². The molecule has 2 unspecified atom stereocenters. The minimum absolute atomic E-state index is 0.200. The normalized spacial score (nSPS) is 25.9. The Morgan fingerprint density at radius 3 is 3.05 bits per heavy atom. The molecule has 20 heavy (non-hydrogen) atoms. The number of fused-ring (bicyclic) bond motifs is 1. The van der Waals surface area contributed by atoms with Gasteiger partial charge in [-0.1, -0.05) is 24.3 Å². The monoisotopic (exact) mass is 276 g/mol. The molecule has 2 heterocycles. The maximum absolute atomic E-state index is 9.39. The molecule has 0 aliphatic carbocycles. The van der Waals surface area contributed by atoms with Crippen LogP contribution in [-0.2, 0) is 11.3 Å². The predicted molar refractivity (Wildman–Crippen MR) is 78.5 cm³/mol. The molecule has 1 aromatic rings. The molecule has 1 fully saturated rings. The van der Waals surface area contributed by atoms with Gasteiger partial charge in [-0.2, -0.15) is 0 Å². The molecule has 0 saturated carbocycles. The lowest BCUT2D eigenvalue weighted by Gasteiger charge is -2.36. The van der Waals surface area contributed by atoms with Gasteiger partial charge in [-0.25, -0.2) is 0 Å². The predicted octanol–water partition coefficient (Wildman–Crippen LogP) is 1.30. The molecule has 4 nitrogen and oxygen atoms in total. The average molecular weight is 276 g/mol. The quantitative estimate of drug-likeness (QED) is 0.851. The van der Waals surface area contributed by atoms with E-state index in [1.807, 2.05) is 0 Å². The molecule has 2 N–H and O–H groups in total. The van der Waals surface area contributed by atoms with E-state index in [4.69, 9.17) is 4.74 Å². The summed E-state index contributed by atoms with van der Waals surface area (Å²) in [4.78, 5) is 2.38. The van der Waals surface area contributed by atoms with Crippen molar-refractivity contribution in [2.24, 2.45) is 0 Å². The topological polar surface area (TPSA) is 44.7 Å². The van der Waals surface area contributed by atoms with Gasteiger partial charge in [0.1, 0.15) is 0 Å². The fraction of sp³-hybridized carbons (Fsp3) is 0.625. The van der Waals surface area contributed by atoms with Gasteiger partial charge in [-0.05, 0) is 30.5 Å². The van der Waals surface area contributed by atoms with Crippen LogP contribution in [0, 0.1) is 0 Å². The van der Waals surface area contributed by atoms with Gasteiger partial charge in [0.15, 0.2) is 0 Å². The number of nitrogens with one attached hydrogen (secondary N) is 1. The maximum atomic E-state index is 9.39. The number of ether oxygens (including phenoxy) is 1. The highest BCUT2D eigenvalue weighted by molar-refractivity contribution is 5.31. The Morgan fingerprint density at radius 2 is 2.25 bits per heavy atom. The number of aliphatic hydroxyl groups excluding tert-OH is 1. The number of benzene rings is 1. The van der Waals surface area contributed by atoms with E-state index in [-0.39, 0.29) is 12.6 Å². The summed E-state index contributed by atoms with van der Waals surface area (Å²) in [7, 11) is 0. The molecule has 0 aromatic heterocycles. The van der Waals surface area contributed by atoms with Crippen molar-refractivity contribution in [3.8, 4) is 0 Å². The SMILES string of the molecule is OCCN(CC1CCCN1)C1COCc2ccccc21. The van der Waals surface area contributed by atoms with Crippen molar-refractivity contribution in [2.45, 2.75) is 31.5 Å². The van der Waals surface area contributed by atoms with Gasteiger partial charge < -0.3 is 15.2 Å². The molecule has 2 aliphatic heterocycles. The minimum atomic E-state index is 0.200. The van der Waals surface area contributed by atoms with E-state index in [0.717, 1.165) is 19.7 Å². The molecule has 1 aromatic carbocycles. The third-order valence-corrected chi connectivity index (χ3v) is 4.39. The van der Waals surface area contributed by atoms with E-state index in [1.165, 1.54) is 24.0 Å². The Morgan fingerprint density at radius 1 is 1.35 bits per heavy atom. The van der Waals surface area contributed by atoms with Crippen LogP contribution < -0.4 is 5.32 Å². The summed E-state index contributed by atoms with van der Waals surface area (Å²) in [5, 5.41) is 12.9. The highest BCUT2D eigenvalue weighted by atomic mass is 16.5. The van der Waals surface area contributed by atoms with Gasteiger partial charge >= 0.3 is 0 Å². The third kappa shape index (κ3) is 3.04. The Kier molecular flexibility index (Phi) is 4.68. The standard InChI is InChI=1S/C16H24N2O2/c19-9-8-18(10-14-5-3-7-17-14)16-12-20-11-13-4-1-2-6-15(13)16/h1-2,4,6,14,16-17,19H,3,5,7-12H2. The Hall–Kier alpha value is -0.940. The first-order valence-electron chi connectivity index (χ1n) is 7.62. The van der Waals surface area contributed by atoms with Crippen LogP contribution in [0.3, 0.4) is 0 Å². The Labute approximate surface area is 120 Å². The first-order chi connectivity index (χ1) is 9.88. The van der Waals surface area contributed by atoms with Crippen molar-refractivity contribution in [1.82, 2.24) is 10.2 Å². The molecule has 110 valence electrons. The largest absolute Gasteiger partial charge is 0.395 e. The Bertz CT molecular complexity index is 432. The summed E-state index contributed by atoms with van der Waals surface area (Å²) >= 11 is 0. The second-order valence-electron chi connectivity index (χ2n) is 5.74. The molecular formula is C16H24N2O2. The molecule has 0 amide bonds. The first kappa shape index (κ1) is 14.0. The molecule has 1 saturated heterocycles. The smallest absolute Gasteiger partial charge is 0.0721 e. The highest BCUT2D eigenvalue weighted by Crippen LogP contribution is 2.29. The molecule has 0 spiro atoms. The maximum Gasteiger partial charge on any atom is 0.0721 e. The molecule has 0 bridgehead atoms. The lowest BCUT2D eigenvalue weighted by Crippen LogP contribution is -2.43. The summed E-state index contributed by atoms with van der Waals surface area (Å²) < 4.78 is 5.76. The van der Waals surface area contributed by atoms with E-state index in [2.05, 4.69) is 34.5 Å². The van der Waals surface area contributed by atoms with Crippen LogP contribution in [0.1, 0.15) is 30.0 Å². The average Bonchev–Trinajstić information content (AvgIpc) is 2.99. The van der Waals surface area contributed by atoms with Crippen LogP contribution in [0.2, 0.25) is 0 Å². The zero-order valence-electron chi connectivity index (χ0n) is 11.9. The third-order valence-electron chi connectivity index (χ3n) is 4.39. The lowest BCUT2D eigenvalue weighted by molar-refractivity contribution is 0.0227. The van der Waals surface area contributed by atoms with Crippen LogP contribution in [0.5, 0.6) is 0 Å². The number of rotatable bonds is 5. The van der Waals surface area contributed by atoms with Crippen LogP contribution in [-0.4, -0.2) is 48.9 Å². The molecule has 2 atom stereocenters. The number of hydrogen-bond donors (Lipinski definition) is 2. The number of nitrogens with zero attached hydrogens (tertiary/aromatic N) is 1. The fourth-order valence-corrected chi connectivity index (χ4v) is 3.36. The van der Waals surface area contributed by atoms with E-state index in [9.17, 15) is 5.11 Å². The number of aliphatic hydroxyl groups is 1. The van der Waals surface area contributed by atoms with Crippen LogP contribution in [0.15, 0.2) is 24.3 Å². The molecule has 4 heteroatoms. The second kappa shape index (κ2) is 6.68. The van der Waals surface area contributed by atoms with Gasteiger partial charge in [-0.15, -0.1) is 0 Å². The summed E-state index contributed by atoms with van der Waals surface area (Å²) in [5.74, 6) is 0. The van der Waals surface area contributed by atoms with E-state index >= 15 is 0 Å². The molecule has 3 rings (SSSR count). The van der Waals surface area contributed by atoms with Crippen molar-refractivity contribution in [1.29, 1.82) is 0 Å². The van der Waals surface area contributed by atoms with Gasteiger partial charge in [0, 0.05) is 19.1 Å². The minimum Gasteiger partial charge on any atom is -0.395 e. The van der Waals surface area contributed by atoms with Crippen molar-refractivity contribution >= 4 is 0 Å². The summed E-state index contributed by atoms with van der Waals surface area (Å²) in [6, 6.07) is 9.34. The van der Waals surface area contributed by atoms with Crippen molar-refractivity contribution in [2.75, 3.05) is 32.8 Å². The van der Waals surface area contributed by atoms with Gasteiger partial charge in [0.2, 0.25) is 0 Å². The zero-order valence-corrected chi connectivity index (χ0v) is 11.9. The van der Waals surface area contributed by atoms with Crippen molar-refractivity contribution < 1.29 is 9.84 Å². The molecule has 0 radical (unpaired) electrons. The van der Waals surface area contributed by atoms with Crippen molar-refractivity contribution in [3.05, 3.63) is 35.4 Å². The summed E-state index contributed by atoms with van der Waals surface area (Å²) in [6.07, 6.45) is 2.49. The Balaban J connectivity index is 1.76. The summed E-state index contributed by atoms with van der Waals surface area (Å²) in [5.41, 5.74) is 2.65. The zero-order chi connectivity index (χ0) is 13.8. The van der Waals surface area contributed by atoms with Gasteiger partial charge in [-0.3, -0.25) is 4.90 Å². The fourth-order valence-electron chi connectivity index (χ4n) is 3.36. The summed E-state index contributed by atoms with van der Waals surface area (Å²) in [6.45, 7) is 4.45. The van der Waals surface area contributed by atoms with E-state index in [1.54, 1.807) is 0 Å². The highest BCUT2D eigenvalue weighted by Gasteiger charge is 2.28. The molecular weight excluding hydrogens is 252 g/mol.